The van der Waals surface area contributed by atoms with Gasteiger partial charge in [-0.2, -0.15) is 0 Å². The van der Waals surface area contributed by atoms with Gasteiger partial charge in [0.1, 0.15) is 6.17 Å². The van der Waals surface area contributed by atoms with Gasteiger partial charge in [-0.3, -0.25) is 4.79 Å². The molecule has 0 aliphatic carbocycles. The minimum atomic E-state index is -0.304. The summed E-state index contributed by atoms with van der Waals surface area (Å²) in [5.41, 5.74) is 2.37. The van der Waals surface area contributed by atoms with Crippen molar-refractivity contribution >= 4 is 11.6 Å². The first-order valence-electron chi connectivity index (χ1n) is 6.61. The lowest BCUT2D eigenvalue weighted by Crippen LogP contribution is -2.44. The van der Waals surface area contributed by atoms with E-state index in [4.69, 9.17) is 4.74 Å². The summed E-state index contributed by atoms with van der Waals surface area (Å²) in [6, 6.07) is 12.5. The van der Waals surface area contributed by atoms with Gasteiger partial charge in [0.25, 0.3) is 5.91 Å². The summed E-state index contributed by atoms with van der Waals surface area (Å²) in [5, 5.41) is 12.6. The van der Waals surface area contributed by atoms with Crippen LogP contribution < -0.4 is 15.0 Å². The van der Waals surface area contributed by atoms with E-state index in [9.17, 15) is 9.90 Å². The SMILES string of the molecule is COc1cc([C@H]2NC(=O)c3ccccc3N2C)ccc1O. The number of benzene rings is 2. The number of methoxy groups -OCH3 is 1. The minimum Gasteiger partial charge on any atom is -0.504 e. The van der Waals surface area contributed by atoms with Crippen molar-refractivity contribution in [3.05, 3.63) is 53.6 Å². The van der Waals surface area contributed by atoms with Gasteiger partial charge >= 0.3 is 0 Å². The van der Waals surface area contributed by atoms with Crippen LogP contribution >= 0.6 is 0 Å². The molecule has 108 valence electrons. The Bertz CT molecular complexity index is 700. The Kier molecular flexibility index (Phi) is 3.17. The quantitative estimate of drug-likeness (QED) is 0.888. The number of nitrogens with zero attached hydrogens (tertiary/aromatic N) is 1. The third-order valence-electron chi connectivity index (χ3n) is 3.70. The van der Waals surface area contributed by atoms with Crippen molar-refractivity contribution in [1.29, 1.82) is 0 Å². The summed E-state index contributed by atoms with van der Waals surface area (Å²) in [7, 11) is 3.42. The number of hydrogen-bond donors (Lipinski definition) is 2. The topological polar surface area (TPSA) is 61.8 Å². The van der Waals surface area contributed by atoms with Crippen LogP contribution in [0.2, 0.25) is 0 Å². The number of phenols is 1. The molecule has 0 saturated heterocycles. The summed E-state index contributed by atoms with van der Waals surface area (Å²) in [6.45, 7) is 0. The van der Waals surface area contributed by atoms with E-state index in [0.29, 0.717) is 11.3 Å². The van der Waals surface area contributed by atoms with E-state index in [-0.39, 0.29) is 17.8 Å². The van der Waals surface area contributed by atoms with Crippen LogP contribution in [0.5, 0.6) is 11.5 Å². The molecule has 1 aliphatic rings. The molecule has 21 heavy (non-hydrogen) atoms. The van der Waals surface area contributed by atoms with Gasteiger partial charge < -0.3 is 20.1 Å². The van der Waals surface area contributed by atoms with Gasteiger partial charge in [-0.1, -0.05) is 18.2 Å². The predicted molar refractivity (Wildman–Crippen MR) is 79.7 cm³/mol. The van der Waals surface area contributed by atoms with Crippen LogP contribution in [0, 0.1) is 0 Å². The highest BCUT2D eigenvalue weighted by Gasteiger charge is 2.29. The number of carbonyl (C=O) groups is 1. The first kappa shape index (κ1) is 13.3. The fraction of sp³-hybridized carbons (Fsp3) is 0.188. The molecule has 3 rings (SSSR count). The molecule has 0 aromatic heterocycles. The highest BCUT2D eigenvalue weighted by molar-refractivity contribution is 6.02. The van der Waals surface area contributed by atoms with E-state index in [1.807, 2.05) is 30.1 Å². The molecule has 5 heteroatoms. The molecule has 5 nitrogen and oxygen atoms in total. The zero-order valence-electron chi connectivity index (χ0n) is 11.8. The number of ether oxygens (including phenoxy) is 1. The van der Waals surface area contributed by atoms with E-state index in [2.05, 4.69) is 5.32 Å². The number of fused-ring (bicyclic) bond motifs is 1. The fourth-order valence-electron chi connectivity index (χ4n) is 2.58. The van der Waals surface area contributed by atoms with Crippen molar-refractivity contribution in [3.8, 4) is 11.5 Å². The number of anilines is 1. The molecule has 0 saturated carbocycles. The smallest absolute Gasteiger partial charge is 0.255 e. The molecule has 0 bridgehead atoms. The molecule has 0 fully saturated rings. The Morgan fingerprint density at radius 1 is 1.24 bits per heavy atom. The van der Waals surface area contributed by atoms with E-state index in [1.54, 1.807) is 24.3 Å². The number of nitrogens with one attached hydrogen (secondary N) is 1. The molecule has 2 aromatic rings. The van der Waals surface area contributed by atoms with Crippen LogP contribution in [-0.4, -0.2) is 25.2 Å². The number of para-hydroxylation sites is 1. The Morgan fingerprint density at radius 2 is 2.00 bits per heavy atom. The Hall–Kier alpha value is -2.69. The zero-order chi connectivity index (χ0) is 15.0. The van der Waals surface area contributed by atoms with Gasteiger partial charge in [-0.05, 0) is 29.8 Å². The van der Waals surface area contributed by atoms with E-state index < -0.39 is 0 Å². The zero-order valence-corrected chi connectivity index (χ0v) is 11.8. The van der Waals surface area contributed by atoms with Crippen molar-refractivity contribution in [2.45, 2.75) is 6.17 Å². The van der Waals surface area contributed by atoms with Crippen molar-refractivity contribution in [2.24, 2.45) is 0 Å². The molecule has 1 aliphatic heterocycles. The van der Waals surface area contributed by atoms with Crippen molar-refractivity contribution in [1.82, 2.24) is 5.32 Å². The molecule has 1 amide bonds. The maximum absolute atomic E-state index is 12.2. The van der Waals surface area contributed by atoms with Gasteiger partial charge in [-0.25, -0.2) is 0 Å². The van der Waals surface area contributed by atoms with Crippen molar-refractivity contribution < 1.29 is 14.6 Å². The third kappa shape index (κ3) is 2.16. The first-order valence-corrected chi connectivity index (χ1v) is 6.61. The molecule has 2 N–H and O–H groups in total. The largest absolute Gasteiger partial charge is 0.504 e. The van der Waals surface area contributed by atoms with E-state index in [0.717, 1.165) is 11.3 Å². The minimum absolute atomic E-state index is 0.0754. The third-order valence-corrected chi connectivity index (χ3v) is 3.70. The summed E-state index contributed by atoms with van der Waals surface area (Å²) in [6.07, 6.45) is -0.304. The van der Waals surface area contributed by atoms with Crippen LogP contribution in [0.1, 0.15) is 22.1 Å². The number of amides is 1. The molecule has 1 atom stereocenters. The van der Waals surface area contributed by atoms with Crippen LogP contribution in [0.15, 0.2) is 42.5 Å². The monoisotopic (exact) mass is 284 g/mol. The Labute approximate surface area is 122 Å². The Balaban J connectivity index is 2.03. The van der Waals surface area contributed by atoms with E-state index >= 15 is 0 Å². The molecule has 0 radical (unpaired) electrons. The molecule has 2 aromatic carbocycles. The number of rotatable bonds is 2. The number of carbonyl (C=O) groups excluding carboxylic acids is 1. The van der Waals surface area contributed by atoms with Crippen LogP contribution in [0.4, 0.5) is 5.69 Å². The highest BCUT2D eigenvalue weighted by atomic mass is 16.5. The second-order valence-corrected chi connectivity index (χ2v) is 4.94. The second kappa shape index (κ2) is 5.01. The maximum atomic E-state index is 12.2. The summed E-state index contributed by atoms with van der Waals surface area (Å²) < 4.78 is 5.13. The van der Waals surface area contributed by atoms with Gasteiger partial charge in [0.2, 0.25) is 0 Å². The first-order chi connectivity index (χ1) is 10.1. The predicted octanol–water partition coefficient (Wildman–Crippen LogP) is 2.28. The Morgan fingerprint density at radius 3 is 2.76 bits per heavy atom. The number of hydrogen-bond acceptors (Lipinski definition) is 4. The van der Waals surface area contributed by atoms with Gasteiger partial charge in [0.05, 0.1) is 18.4 Å². The summed E-state index contributed by atoms with van der Waals surface area (Å²) in [5.74, 6) is 0.348. The van der Waals surface area contributed by atoms with E-state index in [1.165, 1.54) is 7.11 Å². The van der Waals surface area contributed by atoms with Crippen molar-refractivity contribution in [2.75, 3.05) is 19.1 Å². The summed E-state index contributed by atoms with van der Waals surface area (Å²) >= 11 is 0. The van der Waals surface area contributed by atoms with Crippen LogP contribution in [0.3, 0.4) is 0 Å². The van der Waals surface area contributed by atoms with Gasteiger partial charge in [0, 0.05) is 7.05 Å². The molecular formula is C16H16N2O3. The van der Waals surface area contributed by atoms with Crippen molar-refractivity contribution in [3.63, 3.8) is 0 Å². The highest BCUT2D eigenvalue weighted by Crippen LogP contribution is 2.34. The lowest BCUT2D eigenvalue weighted by atomic mass is 10.0. The standard InChI is InChI=1S/C16H16N2O3/c1-18-12-6-4-3-5-11(12)16(20)17-15(18)10-7-8-13(19)14(9-10)21-2/h3-9,15,19H,1-2H3,(H,17,20)/t15-/m0/s1. The molecule has 0 unspecified atom stereocenters. The average Bonchev–Trinajstić information content (AvgIpc) is 2.51. The van der Waals surface area contributed by atoms with Gasteiger partial charge in [-0.15, -0.1) is 0 Å². The van der Waals surface area contributed by atoms with Gasteiger partial charge in [0.15, 0.2) is 11.5 Å². The summed E-state index contributed by atoms with van der Waals surface area (Å²) in [4.78, 5) is 14.2. The number of aromatic hydroxyl groups is 1. The lowest BCUT2D eigenvalue weighted by molar-refractivity contribution is 0.0928. The van der Waals surface area contributed by atoms with Crippen LogP contribution in [0.25, 0.3) is 0 Å². The van der Waals surface area contributed by atoms with Crippen LogP contribution in [-0.2, 0) is 0 Å². The second-order valence-electron chi connectivity index (χ2n) is 4.94. The molecular weight excluding hydrogens is 268 g/mol. The fourth-order valence-corrected chi connectivity index (χ4v) is 2.58. The molecule has 0 spiro atoms. The average molecular weight is 284 g/mol. The number of phenolic OH excluding ortho intramolecular Hbond substituents is 1. The normalized spacial score (nSPS) is 17.1. The molecule has 1 heterocycles. The lowest BCUT2D eigenvalue weighted by Gasteiger charge is -2.36. The maximum Gasteiger partial charge on any atom is 0.255 e.